The van der Waals surface area contributed by atoms with Gasteiger partial charge in [0.15, 0.2) is 0 Å². The number of nitrogens with zero attached hydrogens (tertiary/aromatic N) is 3. The lowest BCUT2D eigenvalue weighted by Gasteiger charge is -2.31. The highest BCUT2D eigenvalue weighted by atomic mass is 19.1. The van der Waals surface area contributed by atoms with Crippen molar-refractivity contribution in [2.45, 2.75) is 25.5 Å². The van der Waals surface area contributed by atoms with Crippen LogP contribution in [0.4, 0.5) is 9.18 Å². The molecule has 0 atom stereocenters. The summed E-state index contributed by atoms with van der Waals surface area (Å²) >= 11 is 0. The third-order valence-electron chi connectivity index (χ3n) is 3.91. The van der Waals surface area contributed by atoms with E-state index in [0.717, 1.165) is 18.4 Å². The lowest BCUT2D eigenvalue weighted by molar-refractivity contribution is 0.107. The molecule has 2 aromatic rings. The predicted octanol–water partition coefficient (Wildman–Crippen LogP) is 2.37. The van der Waals surface area contributed by atoms with Crippen LogP contribution in [-0.4, -0.2) is 40.1 Å². The van der Waals surface area contributed by atoms with Gasteiger partial charge in [-0.3, -0.25) is 4.98 Å². The Morgan fingerprint density at radius 1 is 1.25 bits per heavy atom. The molecule has 3 rings (SSSR count). The summed E-state index contributed by atoms with van der Waals surface area (Å²) in [6, 6.07) is 5.98. The van der Waals surface area contributed by atoms with Crippen molar-refractivity contribution in [2.75, 3.05) is 13.1 Å². The van der Waals surface area contributed by atoms with E-state index in [4.69, 9.17) is 4.74 Å². The molecular weight excluding hydrogens is 311 g/mol. The number of ether oxygens (including phenoxy) is 1. The quantitative estimate of drug-likeness (QED) is 0.934. The molecule has 2 heterocycles. The van der Waals surface area contributed by atoms with Gasteiger partial charge in [0.25, 0.3) is 0 Å². The van der Waals surface area contributed by atoms with Crippen molar-refractivity contribution < 1.29 is 13.9 Å². The average molecular weight is 330 g/mol. The maximum absolute atomic E-state index is 12.9. The molecular formula is C17H19FN4O2. The zero-order valence-corrected chi connectivity index (χ0v) is 13.2. The van der Waals surface area contributed by atoms with E-state index in [-0.39, 0.29) is 18.0 Å². The number of likely N-dealkylation sites (tertiary alicyclic amines) is 1. The van der Waals surface area contributed by atoms with Crippen LogP contribution in [0.2, 0.25) is 0 Å². The molecule has 1 fully saturated rings. The number of rotatable bonds is 4. The Kier molecular flexibility index (Phi) is 5.20. The Labute approximate surface area is 139 Å². The van der Waals surface area contributed by atoms with E-state index in [1.165, 1.54) is 12.1 Å². The van der Waals surface area contributed by atoms with E-state index in [9.17, 15) is 9.18 Å². The van der Waals surface area contributed by atoms with E-state index in [2.05, 4.69) is 15.3 Å². The van der Waals surface area contributed by atoms with E-state index in [1.54, 1.807) is 35.6 Å². The topological polar surface area (TPSA) is 67.4 Å². The average Bonchev–Trinajstić information content (AvgIpc) is 2.62. The van der Waals surface area contributed by atoms with Gasteiger partial charge in [0, 0.05) is 44.9 Å². The van der Waals surface area contributed by atoms with Crippen molar-refractivity contribution in [3.05, 3.63) is 54.2 Å². The first-order valence-electron chi connectivity index (χ1n) is 7.90. The highest BCUT2D eigenvalue weighted by Gasteiger charge is 2.24. The number of amides is 2. The third-order valence-corrected chi connectivity index (χ3v) is 3.91. The molecule has 1 N–H and O–H groups in total. The second-order valence-corrected chi connectivity index (χ2v) is 5.63. The Morgan fingerprint density at radius 3 is 2.67 bits per heavy atom. The van der Waals surface area contributed by atoms with Crippen molar-refractivity contribution in [3.63, 3.8) is 0 Å². The number of benzene rings is 1. The van der Waals surface area contributed by atoms with E-state index in [0.29, 0.717) is 25.5 Å². The summed E-state index contributed by atoms with van der Waals surface area (Å²) in [5.41, 5.74) is 0.866. The van der Waals surface area contributed by atoms with E-state index < -0.39 is 0 Å². The number of urea groups is 1. The first-order valence-corrected chi connectivity index (χ1v) is 7.90. The molecule has 6 nitrogen and oxygen atoms in total. The molecule has 7 heteroatoms. The molecule has 0 spiro atoms. The molecule has 24 heavy (non-hydrogen) atoms. The molecule has 0 unspecified atom stereocenters. The summed E-state index contributed by atoms with van der Waals surface area (Å²) in [6.45, 7) is 1.63. The summed E-state index contributed by atoms with van der Waals surface area (Å²) < 4.78 is 18.6. The molecule has 1 aliphatic rings. The number of hydrogen-bond donors (Lipinski definition) is 1. The van der Waals surface area contributed by atoms with Crippen LogP contribution >= 0.6 is 0 Å². The molecule has 1 aromatic heterocycles. The van der Waals surface area contributed by atoms with Crippen LogP contribution in [0.5, 0.6) is 5.88 Å². The molecule has 0 bridgehead atoms. The fourth-order valence-electron chi connectivity index (χ4n) is 2.59. The number of aromatic nitrogens is 2. The van der Waals surface area contributed by atoms with Gasteiger partial charge in [0.05, 0.1) is 6.20 Å². The second-order valence-electron chi connectivity index (χ2n) is 5.63. The van der Waals surface area contributed by atoms with Crippen LogP contribution in [0.15, 0.2) is 42.9 Å². The minimum absolute atomic E-state index is 0.0443. The highest BCUT2D eigenvalue weighted by molar-refractivity contribution is 5.74. The molecule has 1 aliphatic heterocycles. The zero-order chi connectivity index (χ0) is 16.8. The van der Waals surface area contributed by atoms with Crippen LogP contribution in [0, 0.1) is 5.82 Å². The largest absolute Gasteiger partial charge is 0.473 e. The lowest BCUT2D eigenvalue weighted by atomic mass is 10.1. The fraction of sp³-hybridized carbons (Fsp3) is 0.353. The van der Waals surface area contributed by atoms with Gasteiger partial charge in [-0.05, 0) is 17.7 Å². The summed E-state index contributed by atoms with van der Waals surface area (Å²) in [7, 11) is 0. The molecule has 0 aliphatic carbocycles. The first kappa shape index (κ1) is 16.2. The van der Waals surface area contributed by atoms with Crippen molar-refractivity contribution in [2.24, 2.45) is 0 Å². The summed E-state index contributed by atoms with van der Waals surface area (Å²) in [5.74, 6) is 0.229. The standard InChI is InChI=1S/C17H19FN4O2/c18-14-3-1-13(2-4-14)11-21-17(23)22-9-5-15(6-10-22)24-16-12-19-7-8-20-16/h1-4,7-8,12,15H,5-6,9-11H2,(H,21,23). The maximum Gasteiger partial charge on any atom is 0.317 e. The smallest absolute Gasteiger partial charge is 0.317 e. The highest BCUT2D eigenvalue weighted by Crippen LogP contribution is 2.16. The Morgan fingerprint density at radius 2 is 2.00 bits per heavy atom. The zero-order valence-electron chi connectivity index (χ0n) is 13.2. The molecule has 0 radical (unpaired) electrons. The van der Waals surface area contributed by atoms with Crippen LogP contribution < -0.4 is 10.1 Å². The van der Waals surface area contributed by atoms with Crippen LogP contribution in [0.1, 0.15) is 18.4 Å². The minimum Gasteiger partial charge on any atom is -0.473 e. The van der Waals surface area contributed by atoms with Gasteiger partial charge in [0.2, 0.25) is 5.88 Å². The molecule has 0 saturated carbocycles. The number of nitrogens with one attached hydrogen (secondary N) is 1. The third kappa shape index (κ3) is 4.41. The van der Waals surface area contributed by atoms with Gasteiger partial charge in [-0.25, -0.2) is 14.2 Å². The summed E-state index contributed by atoms with van der Waals surface area (Å²) in [4.78, 5) is 22.0. The fourth-order valence-corrected chi connectivity index (χ4v) is 2.59. The Bertz CT molecular complexity index is 658. The van der Waals surface area contributed by atoms with Gasteiger partial charge in [-0.1, -0.05) is 12.1 Å². The van der Waals surface area contributed by atoms with Crippen LogP contribution in [0.3, 0.4) is 0 Å². The number of halogens is 1. The van der Waals surface area contributed by atoms with Gasteiger partial charge in [-0.15, -0.1) is 0 Å². The number of hydrogen-bond acceptors (Lipinski definition) is 4. The molecule has 1 aromatic carbocycles. The van der Waals surface area contributed by atoms with Crippen molar-refractivity contribution in [1.82, 2.24) is 20.2 Å². The van der Waals surface area contributed by atoms with Gasteiger partial charge in [-0.2, -0.15) is 0 Å². The number of piperidine rings is 1. The SMILES string of the molecule is O=C(NCc1ccc(F)cc1)N1CCC(Oc2cnccn2)CC1. The van der Waals surface area contributed by atoms with Gasteiger partial charge < -0.3 is 15.0 Å². The van der Waals surface area contributed by atoms with E-state index in [1.807, 2.05) is 0 Å². The Hall–Kier alpha value is -2.70. The number of carbonyl (C=O) groups is 1. The molecule has 2 amide bonds. The molecule has 126 valence electrons. The van der Waals surface area contributed by atoms with Gasteiger partial charge in [0.1, 0.15) is 11.9 Å². The molecule has 1 saturated heterocycles. The number of carbonyl (C=O) groups excluding carboxylic acids is 1. The van der Waals surface area contributed by atoms with Crippen molar-refractivity contribution in [1.29, 1.82) is 0 Å². The summed E-state index contributed by atoms with van der Waals surface area (Å²) in [5, 5.41) is 2.85. The van der Waals surface area contributed by atoms with Gasteiger partial charge >= 0.3 is 6.03 Å². The maximum atomic E-state index is 12.9. The normalized spacial score (nSPS) is 15.1. The lowest BCUT2D eigenvalue weighted by Crippen LogP contribution is -2.46. The predicted molar refractivity (Wildman–Crippen MR) is 85.9 cm³/mol. The van der Waals surface area contributed by atoms with Crippen LogP contribution in [-0.2, 0) is 6.54 Å². The summed E-state index contributed by atoms with van der Waals surface area (Å²) in [6.07, 6.45) is 6.32. The van der Waals surface area contributed by atoms with Crippen LogP contribution in [0.25, 0.3) is 0 Å². The second kappa shape index (κ2) is 7.72. The first-order chi connectivity index (χ1) is 11.7. The van der Waals surface area contributed by atoms with Crippen molar-refractivity contribution in [3.8, 4) is 5.88 Å². The van der Waals surface area contributed by atoms with E-state index >= 15 is 0 Å². The Balaban J connectivity index is 1.42. The van der Waals surface area contributed by atoms with Crippen molar-refractivity contribution >= 4 is 6.03 Å². The monoisotopic (exact) mass is 330 g/mol. The minimum atomic E-state index is -0.282.